The monoisotopic (exact) mass is 498 g/mol. The van der Waals surface area contributed by atoms with Crippen molar-refractivity contribution in [1.29, 1.82) is 0 Å². The van der Waals surface area contributed by atoms with Crippen molar-refractivity contribution in [2.24, 2.45) is 0 Å². The number of hydrogen-bond acceptors (Lipinski definition) is 6. The Balaban J connectivity index is 1.67. The molecule has 37 heavy (non-hydrogen) atoms. The zero-order valence-corrected chi connectivity index (χ0v) is 21.2. The molecule has 7 nitrogen and oxygen atoms in total. The Kier molecular flexibility index (Phi) is 6.61. The zero-order valence-electron chi connectivity index (χ0n) is 21.2. The Hall–Kier alpha value is -4.26. The minimum atomic E-state index is -0.821. The van der Waals surface area contributed by atoms with Crippen LogP contribution >= 0.6 is 0 Å². The molecule has 1 saturated heterocycles. The Morgan fingerprint density at radius 2 is 1.86 bits per heavy atom. The van der Waals surface area contributed by atoms with Crippen molar-refractivity contribution in [2.75, 3.05) is 37.1 Å². The van der Waals surface area contributed by atoms with Crippen LogP contribution < -0.4 is 19.3 Å². The maximum Gasteiger partial charge on any atom is 0.300 e. The van der Waals surface area contributed by atoms with E-state index in [9.17, 15) is 14.7 Å². The van der Waals surface area contributed by atoms with E-state index in [0.29, 0.717) is 35.8 Å². The van der Waals surface area contributed by atoms with Crippen LogP contribution in [0.1, 0.15) is 36.1 Å². The standard InChI is InChI=1S/C30H30N2O5/c1-4-36-24-9-5-7-20(18-24)27-26(28(33)21-10-15-25-19(17-21)8-6-16-37-25)29(34)30(35)32(27)23-13-11-22(12-14-23)31(2)3/h5,7,9-15,17-18,27,33H,4,6,8,16H2,1-3H3/b28-26-. The van der Waals surface area contributed by atoms with Gasteiger partial charge in [0, 0.05) is 31.0 Å². The summed E-state index contributed by atoms with van der Waals surface area (Å²) in [5.74, 6) is -0.210. The molecule has 3 aromatic carbocycles. The predicted octanol–water partition coefficient (Wildman–Crippen LogP) is 5.10. The molecule has 2 aliphatic heterocycles. The highest BCUT2D eigenvalue weighted by molar-refractivity contribution is 6.51. The van der Waals surface area contributed by atoms with Gasteiger partial charge in [0.15, 0.2) is 0 Å². The molecule has 1 N–H and O–H groups in total. The van der Waals surface area contributed by atoms with Gasteiger partial charge in [0.1, 0.15) is 17.3 Å². The number of ether oxygens (including phenoxy) is 2. The van der Waals surface area contributed by atoms with Crippen LogP contribution in [0.3, 0.4) is 0 Å². The molecule has 0 spiro atoms. The maximum atomic E-state index is 13.5. The van der Waals surface area contributed by atoms with E-state index in [-0.39, 0.29) is 11.3 Å². The fourth-order valence-electron chi connectivity index (χ4n) is 4.93. The summed E-state index contributed by atoms with van der Waals surface area (Å²) in [5, 5.41) is 11.5. The second kappa shape index (κ2) is 10.0. The predicted molar refractivity (Wildman–Crippen MR) is 143 cm³/mol. The number of carbonyl (C=O) groups is 2. The lowest BCUT2D eigenvalue weighted by Gasteiger charge is -2.26. The van der Waals surface area contributed by atoms with E-state index in [0.717, 1.165) is 29.8 Å². The fourth-order valence-corrected chi connectivity index (χ4v) is 4.93. The molecule has 5 rings (SSSR count). The lowest BCUT2D eigenvalue weighted by atomic mass is 9.93. The third kappa shape index (κ3) is 4.53. The Bertz CT molecular complexity index is 1380. The summed E-state index contributed by atoms with van der Waals surface area (Å²) in [6, 6.07) is 19.3. The molecule has 0 bridgehead atoms. The molecule has 7 heteroatoms. The lowest BCUT2D eigenvalue weighted by molar-refractivity contribution is -0.132. The molecule has 2 heterocycles. The van der Waals surface area contributed by atoms with Crippen molar-refractivity contribution in [3.63, 3.8) is 0 Å². The number of Topliss-reactive ketones (excluding diaryl/α,β-unsaturated/α-hetero) is 1. The molecule has 1 amide bonds. The smallest absolute Gasteiger partial charge is 0.300 e. The van der Waals surface area contributed by atoms with Gasteiger partial charge in [-0.1, -0.05) is 12.1 Å². The molecular weight excluding hydrogens is 468 g/mol. The Morgan fingerprint density at radius 3 is 2.59 bits per heavy atom. The van der Waals surface area contributed by atoms with Crippen LogP contribution in [0, 0.1) is 0 Å². The summed E-state index contributed by atoms with van der Waals surface area (Å²) < 4.78 is 11.4. The van der Waals surface area contributed by atoms with Crippen molar-refractivity contribution in [3.05, 3.63) is 89.0 Å². The van der Waals surface area contributed by atoms with Crippen molar-refractivity contribution >= 4 is 28.8 Å². The summed E-state index contributed by atoms with van der Waals surface area (Å²) in [6.07, 6.45) is 1.71. The number of anilines is 2. The molecule has 1 unspecified atom stereocenters. The SMILES string of the molecule is CCOc1cccc(C2/C(=C(/O)c3ccc4c(c3)CCCO4)C(=O)C(=O)N2c2ccc(N(C)C)cc2)c1. The van der Waals surface area contributed by atoms with Gasteiger partial charge in [0.05, 0.1) is 24.8 Å². The van der Waals surface area contributed by atoms with Crippen molar-refractivity contribution in [2.45, 2.75) is 25.8 Å². The summed E-state index contributed by atoms with van der Waals surface area (Å²) in [6.45, 7) is 3.03. The molecule has 0 saturated carbocycles. The molecule has 2 aliphatic rings. The number of aryl methyl sites for hydroxylation is 1. The molecule has 1 atom stereocenters. The zero-order chi connectivity index (χ0) is 26.1. The van der Waals surface area contributed by atoms with Gasteiger partial charge < -0.3 is 19.5 Å². The van der Waals surface area contributed by atoms with Gasteiger partial charge in [0.25, 0.3) is 11.7 Å². The topological polar surface area (TPSA) is 79.3 Å². The summed E-state index contributed by atoms with van der Waals surface area (Å²) in [7, 11) is 3.87. The third-order valence-corrected chi connectivity index (χ3v) is 6.76. The number of hydrogen-bond donors (Lipinski definition) is 1. The highest BCUT2D eigenvalue weighted by Crippen LogP contribution is 2.43. The first-order chi connectivity index (χ1) is 17.9. The number of benzene rings is 3. The van der Waals surface area contributed by atoms with E-state index in [4.69, 9.17) is 9.47 Å². The molecule has 0 aromatic heterocycles. The second-order valence-corrected chi connectivity index (χ2v) is 9.36. The van der Waals surface area contributed by atoms with Crippen molar-refractivity contribution < 1.29 is 24.2 Å². The first-order valence-corrected chi connectivity index (χ1v) is 12.5. The summed E-state index contributed by atoms with van der Waals surface area (Å²) in [5.41, 5.74) is 3.70. The average molecular weight is 499 g/mol. The number of aliphatic hydroxyl groups is 1. The number of aliphatic hydroxyl groups excluding tert-OH is 1. The molecule has 0 radical (unpaired) electrons. The van der Waals surface area contributed by atoms with Crippen LogP contribution in [0.4, 0.5) is 11.4 Å². The number of rotatable bonds is 6. The molecule has 190 valence electrons. The van der Waals surface area contributed by atoms with Crippen LogP contribution in [0.15, 0.2) is 72.3 Å². The van der Waals surface area contributed by atoms with Crippen molar-refractivity contribution in [3.8, 4) is 11.5 Å². The molecule has 0 aliphatic carbocycles. The van der Waals surface area contributed by atoms with Gasteiger partial charge in [-0.15, -0.1) is 0 Å². The number of carbonyl (C=O) groups excluding carboxylic acids is 2. The molecule has 3 aromatic rings. The first-order valence-electron chi connectivity index (χ1n) is 12.5. The fraction of sp³-hybridized carbons (Fsp3) is 0.267. The van der Waals surface area contributed by atoms with Crippen LogP contribution in [0.5, 0.6) is 11.5 Å². The lowest BCUT2D eigenvalue weighted by Crippen LogP contribution is -2.29. The van der Waals surface area contributed by atoms with Crippen LogP contribution in [-0.2, 0) is 16.0 Å². The normalized spacial score (nSPS) is 18.4. The maximum absolute atomic E-state index is 13.5. The highest BCUT2D eigenvalue weighted by Gasteiger charge is 2.47. The van der Waals surface area contributed by atoms with Crippen LogP contribution in [0.2, 0.25) is 0 Å². The highest BCUT2D eigenvalue weighted by atomic mass is 16.5. The Labute approximate surface area is 216 Å². The minimum Gasteiger partial charge on any atom is -0.507 e. The average Bonchev–Trinajstić information content (AvgIpc) is 3.18. The first kappa shape index (κ1) is 24.4. The quantitative estimate of drug-likeness (QED) is 0.289. The van der Waals surface area contributed by atoms with E-state index in [1.165, 1.54) is 4.90 Å². The minimum absolute atomic E-state index is 0.0482. The third-order valence-electron chi connectivity index (χ3n) is 6.76. The molecular formula is C30H30N2O5. The Morgan fingerprint density at radius 1 is 1.08 bits per heavy atom. The van der Waals surface area contributed by atoms with E-state index in [1.54, 1.807) is 6.07 Å². The summed E-state index contributed by atoms with van der Waals surface area (Å²) in [4.78, 5) is 30.4. The van der Waals surface area contributed by atoms with E-state index >= 15 is 0 Å². The number of ketones is 1. The molecule has 1 fully saturated rings. The number of fused-ring (bicyclic) bond motifs is 1. The van der Waals surface area contributed by atoms with Crippen molar-refractivity contribution in [1.82, 2.24) is 0 Å². The van der Waals surface area contributed by atoms with E-state index in [2.05, 4.69) is 0 Å². The van der Waals surface area contributed by atoms with Gasteiger partial charge >= 0.3 is 0 Å². The van der Waals surface area contributed by atoms with Gasteiger partial charge in [-0.05, 0) is 85.5 Å². The number of nitrogens with zero attached hydrogens (tertiary/aromatic N) is 2. The van der Waals surface area contributed by atoms with Crippen LogP contribution in [0.25, 0.3) is 5.76 Å². The van der Waals surface area contributed by atoms with Gasteiger partial charge in [-0.25, -0.2) is 0 Å². The van der Waals surface area contributed by atoms with Gasteiger partial charge in [-0.2, -0.15) is 0 Å². The number of amides is 1. The summed E-state index contributed by atoms with van der Waals surface area (Å²) >= 11 is 0. The van der Waals surface area contributed by atoms with Crippen LogP contribution in [-0.4, -0.2) is 44.1 Å². The largest absolute Gasteiger partial charge is 0.507 e. The van der Waals surface area contributed by atoms with E-state index < -0.39 is 17.7 Å². The van der Waals surface area contributed by atoms with E-state index in [1.807, 2.05) is 86.6 Å². The van der Waals surface area contributed by atoms with Gasteiger partial charge in [0.2, 0.25) is 0 Å². The second-order valence-electron chi connectivity index (χ2n) is 9.36. The van der Waals surface area contributed by atoms with Gasteiger partial charge in [-0.3, -0.25) is 14.5 Å².